The maximum Gasteiger partial charge on any atom is 0.103 e. The van der Waals surface area contributed by atoms with Crippen LogP contribution in [0.15, 0.2) is 24.5 Å². The number of halogens is 1. The maximum atomic E-state index is 12.8. The van der Waals surface area contributed by atoms with Gasteiger partial charge in [-0.2, -0.15) is 0 Å². The van der Waals surface area contributed by atoms with Crippen LogP contribution in [-0.4, -0.2) is 24.2 Å². The zero-order valence-electron chi connectivity index (χ0n) is 7.49. The quantitative estimate of drug-likeness (QED) is 0.657. The van der Waals surface area contributed by atoms with E-state index in [1.807, 2.05) is 18.3 Å². The van der Waals surface area contributed by atoms with Gasteiger partial charge >= 0.3 is 0 Å². The number of hydrogen-bond acceptors (Lipinski definition) is 2. The molecule has 1 aromatic rings. The van der Waals surface area contributed by atoms with E-state index in [4.69, 9.17) is 0 Å². The molecule has 70 valence electrons. The minimum atomic E-state index is -0.604. The zero-order chi connectivity index (χ0) is 9.10. The molecule has 1 saturated heterocycles. The number of nitrogens with zero attached hydrogens (tertiary/aromatic N) is 2. The van der Waals surface area contributed by atoms with Crippen LogP contribution >= 0.6 is 0 Å². The SMILES string of the molecule is FC1CCN(c2cccnc2)CC1. The van der Waals surface area contributed by atoms with Crippen molar-refractivity contribution >= 4 is 5.69 Å². The van der Waals surface area contributed by atoms with Gasteiger partial charge in [-0.05, 0) is 25.0 Å². The fourth-order valence-corrected chi connectivity index (χ4v) is 1.65. The Morgan fingerprint density at radius 1 is 1.38 bits per heavy atom. The van der Waals surface area contributed by atoms with Crippen LogP contribution < -0.4 is 4.90 Å². The van der Waals surface area contributed by atoms with Crippen molar-refractivity contribution in [2.45, 2.75) is 19.0 Å². The number of piperidine rings is 1. The summed E-state index contributed by atoms with van der Waals surface area (Å²) in [6, 6.07) is 3.93. The van der Waals surface area contributed by atoms with Crippen LogP contribution in [0.1, 0.15) is 12.8 Å². The van der Waals surface area contributed by atoms with Gasteiger partial charge in [0.25, 0.3) is 0 Å². The molecule has 0 bridgehead atoms. The lowest BCUT2D eigenvalue weighted by Crippen LogP contribution is -2.34. The van der Waals surface area contributed by atoms with Gasteiger partial charge in [-0.1, -0.05) is 0 Å². The molecule has 2 nitrogen and oxygen atoms in total. The van der Waals surface area contributed by atoms with Crippen LogP contribution in [0.25, 0.3) is 0 Å². The molecule has 3 heteroatoms. The normalized spacial score (nSPS) is 19.0. The van der Waals surface area contributed by atoms with Gasteiger partial charge in [-0.15, -0.1) is 0 Å². The van der Waals surface area contributed by atoms with Gasteiger partial charge in [0, 0.05) is 19.3 Å². The molecular formula is C10H13FN2. The predicted octanol–water partition coefficient (Wildman–Crippen LogP) is 2.02. The lowest BCUT2D eigenvalue weighted by molar-refractivity contribution is 0.277. The molecule has 1 aromatic heterocycles. The highest BCUT2D eigenvalue weighted by Gasteiger charge is 2.18. The Hall–Kier alpha value is -1.12. The van der Waals surface area contributed by atoms with Crippen LogP contribution in [0.4, 0.5) is 10.1 Å². The molecule has 0 atom stereocenters. The lowest BCUT2D eigenvalue weighted by atomic mass is 10.1. The molecule has 0 unspecified atom stereocenters. The summed E-state index contributed by atoms with van der Waals surface area (Å²) in [6.45, 7) is 1.62. The largest absolute Gasteiger partial charge is 0.370 e. The lowest BCUT2D eigenvalue weighted by Gasteiger charge is -2.30. The van der Waals surface area contributed by atoms with Gasteiger partial charge in [-0.25, -0.2) is 4.39 Å². The van der Waals surface area contributed by atoms with Crippen LogP contribution in [0, 0.1) is 0 Å². The van der Waals surface area contributed by atoms with E-state index in [1.54, 1.807) is 6.20 Å². The molecule has 0 saturated carbocycles. The predicted molar refractivity (Wildman–Crippen MR) is 50.6 cm³/mol. The van der Waals surface area contributed by atoms with Gasteiger partial charge in [0.05, 0.1) is 11.9 Å². The second-order valence-electron chi connectivity index (χ2n) is 3.37. The molecule has 0 aromatic carbocycles. The number of alkyl halides is 1. The first-order valence-electron chi connectivity index (χ1n) is 4.65. The Kier molecular flexibility index (Phi) is 2.43. The first kappa shape index (κ1) is 8.48. The summed E-state index contributed by atoms with van der Waals surface area (Å²) in [7, 11) is 0. The van der Waals surface area contributed by atoms with Crippen LogP contribution in [0.3, 0.4) is 0 Å². The van der Waals surface area contributed by atoms with Crippen LogP contribution in [0.2, 0.25) is 0 Å². The second-order valence-corrected chi connectivity index (χ2v) is 3.37. The van der Waals surface area contributed by atoms with E-state index >= 15 is 0 Å². The van der Waals surface area contributed by atoms with E-state index in [0.29, 0.717) is 12.8 Å². The van der Waals surface area contributed by atoms with Crippen molar-refractivity contribution in [2.24, 2.45) is 0 Å². The van der Waals surface area contributed by atoms with Gasteiger partial charge in [0.15, 0.2) is 0 Å². The van der Waals surface area contributed by atoms with Crippen molar-refractivity contribution in [1.29, 1.82) is 0 Å². The molecule has 0 spiro atoms. The molecule has 0 radical (unpaired) electrons. The third kappa shape index (κ3) is 1.97. The van der Waals surface area contributed by atoms with Gasteiger partial charge < -0.3 is 4.90 Å². The number of aromatic nitrogens is 1. The van der Waals surface area contributed by atoms with Crippen molar-refractivity contribution in [1.82, 2.24) is 4.98 Å². The van der Waals surface area contributed by atoms with E-state index in [1.165, 1.54) is 0 Å². The highest BCUT2D eigenvalue weighted by molar-refractivity contribution is 5.43. The molecule has 0 amide bonds. The third-order valence-electron chi connectivity index (χ3n) is 2.44. The van der Waals surface area contributed by atoms with E-state index in [9.17, 15) is 4.39 Å². The fraction of sp³-hybridized carbons (Fsp3) is 0.500. The van der Waals surface area contributed by atoms with Crippen LogP contribution in [0.5, 0.6) is 0 Å². The number of rotatable bonds is 1. The topological polar surface area (TPSA) is 16.1 Å². The smallest absolute Gasteiger partial charge is 0.103 e. The van der Waals surface area contributed by atoms with E-state index in [-0.39, 0.29) is 0 Å². The standard InChI is InChI=1S/C10H13FN2/c11-9-3-6-13(7-4-9)10-2-1-5-12-8-10/h1-2,5,8-9H,3-4,6-7H2. The molecular weight excluding hydrogens is 167 g/mol. The first-order chi connectivity index (χ1) is 6.36. The van der Waals surface area contributed by atoms with Crippen molar-refractivity contribution in [2.75, 3.05) is 18.0 Å². The van der Waals surface area contributed by atoms with E-state index in [0.717, 1.165) is 18.8 Å². The summed E-state index contributed by atoms with van der Waals surface area (Å²) >= 11 is 0. The number of hydrogen-bond donors (Lipinski definition) is 0. The zero-order valence-corrected chi connectivity index (χ0v) is 7.49. The molecule has 2 heterocycles. The van der Waals surface area contributed by atoms with E-state index in [2.05, 4.69) is 9.88 Å². The molecule has 0 aliphatic carbocycles. The number of pyridine rings is 1. The Balaban J connectivity index is 2.03. The highest BCUT2D eigenvalue weighted by Crippen LogP contribution is 2.19. The summed E-state index contributed by atoms with van der Waals surface area (Å²) < 4.78 is 12.8. The summed E-state index contributed by atoms with van der Waals surface area (Å²) in [5, 5.41) is 0. The van der Waals surface area contributed by atoms with Crippen molar-refractivity contribution in [3.8, 4) is 0 Å². The Morgan fingerprint density at radius 2 is 2.15 bits per heavy atom. The fourth-order valence-electron chi connectivity index (χ4n) is 1.65. The molecule has 13 heavy (non-hydrogen) atoms. The maximum absolute atomic E-state index is 12.8. The summed E-state index contributed by atoms with van der Waals surface area (Å²) in [4.78, 5) is 6.23. The van der Waals surface area contributed by atoms with Crippen molar-refractivity contribution in [3.05, 3.63) is 24.5 Å². The highest BCUT2D eigenvalue weighted by atomic mass is 19.1. The summed E-state index contributed by atoms with van der Waals surface area (Å²) in [6.07, 6.45) is 4.28. The van der Waals surface area contributed by atoms with E-state index < -0.39 is 6.17 Å². The van der Waals surface area contributed by atoms with Gasteiger partial charge in [0.1, 0.15) is 6.17 Å². The average Bonchev–Trinajstić information content (AvgIpc) is 2.20. The summed E-state index contributed by atoms with van der Waals surface area (Å²) in [5.74, 6) is 0. The molecule has 1 aliphatic rings. The average molecular weight is 180 g/mol. The first-order valence-corrected chi connectivity index (χ1v) is 4.65. The molecule has 1 fully saturated rings. The van der Waals surface area contributed by atoms with Crippen LogP contribution in [-0.2, 0) is 0 Å². The Bertz CT molecular complexity index is 255. The summed E-state index contributed by atoms with van der Waals surface area (Å²) in [5.41, 5.74) is 1.11. The molecule has 2 rings (SSSR count). The minimum Gasteiger partial charge on any atom is -0.370 e. The monoisotopic (exact) mass is 180 g/mol. The minimum absolute atomic E-state index is 0.604. The third-order valence-corrected chi connectivity index (χ3v) is 2.44. The van der Waals surface area contributed by atoms with Gasteiger partial charge in [0.2, 0.25) is 0 Å². The molecule has 0 N–H and O–H groups in total. The number of anilines is 1. The Labute approximate surface area is 77.4 Å². The molecule has 1 aliphatic heterocycles. The van der Waals surface area contributed by atoms with Crippen molar-refractivity contribution < 1.29 is 4.39 Å². The Morgan fingerprint density at radius 3 is 2.77 bits per heavy atom. The second kappa shape index (κ2) is 3.73. The van der Waals surface area contributed by atoms with Gasteiger partial charge in [-0.3, -0.25) is 4.98 Å². The van der Waals surface area contributed by atoms with Crippen molar-refractivity contribution in [3.63, 3.8) is 0 Å².